The van der Waals surface area contributed by atoms with Gasteiger partial charge in [0.2, 0.25) is 5.78 Å². The fourth-order valence-electron chi connectivity index (χ4n) is 2.10. The third-order valence-electron chi connectivity index (χ3n) is 2.97. The fourth-order valence-corrected chi connectivity index (χ4v) is 3.88. The van der Waals surface area contributed by atoms with E-state index >= 15 is 0 Å². The van der Waals surface area contributed by atoms with Crippen LogP contribution in [0, 0.1) is 6.92 Å². The molecule has 0 radical (unpaired) electrons. The number of hydrogen-bond acceptors (Lipinski definition) is 3. The average molecular weight is 323 g/mol. The summed E-state index contributed by atoms with van der Waals surface area (Å²) in [5.74, 6) is 0.989. The molecule has 1 aliphatic rings. The Labute approximate surface area is 118 Å². The van der Waals surface area contributed by atoms with Crippen LogP contribution in [0.15, 0.2) is 28.7 Å². The summed E-state index contributed by atoms with van der Waals surface area (Å²) in [6.45, 7) is 2.72. The van der Waals surface area contributed by atoms with Crippen molar-refractivity contribution in [3.05, 3.63) is 49.6 Å². The minimum atomic E-state index is 0.0784. The normalized spacial score (nSPS) is 13.2. The number of thiophene rings is 1. The summed E-state index contributed by atoms with van der Waals surface area (Å²) in [7, 11) is 0. The molecule has 0 fully saturated rings. The lowest BCUT2D eigenvalue weighted by atomic mass is 10.0. The van der Waals surface area contributed by atoms with Gasteiger partial charge in [0.25, 0.3) is 0 Å². The van der Waals surface area contributed by atoms with Gasteiger partial charge in [0, 0.05) is 21.3 Å². The Kier molecular flexibility index (Phi) is 2.99. The van der Waals surface area contributed by atoms with Crippen LogP contribution >= 0.6 is 27.3 Å². The molecule has 4 heteroatoms. The molecule has 0 atom stereocenters. The lowest BCUT2D eigenvalue weighted by Crippen LogP contribution is -1.99. The molecule has 2 heterocycles. The van der Waals surface area contributed by atoms with E-state index in [1.54, 1.807) is 0 Å². The number of carbonyl (C=O) groups excluding carboxylic acids is 1. The summed E-state index contributed by atoms with van der Waals surface area (Å²) in [5.41, 5.74) is 1.87. The molecular formula is C14H11BrO2S. The van der Waals surface area contributed by atoms with Crippen LogP contribution in [0.4, 0.5) is 0 Å². The lowest BCUT2D eigenvalue weighted by Gasteiger charge is -2.02. The molecular weight excluding hydrogens is 312 g/mol. The van der Waals surface area contributed by atoms with Gasteiger partial charge in [-0.1, -0.05) is 0 Å². The van der Waals surface area contributed by atoms with E-state index in [1.165, 1.54) is 11.3 Å². The quantitative estimate of drug-likeness (QED) is 0.781. The van der Waals surface area contributed by atoms with Gasteiger partial charge in [-0.15, -0.1) is 11.3 Å². The highest BCUT2D eigenvalue weighted by Gasteiger charge is 2.19. The predicted molar refractivity (Wildman–Crippen MR) is 75.8 cm³/mol. The Morgan fingerprint density at radius 1 is 1.39 bits per heavy atom. The minimum absolute atomic E-state index is 0.0784. The predicted octanol–water partition coefficient (Wildman–Crippen LogP) is 3.98. The third-order valence-corrected chi connectivity index (χ3v) is 4.90. The molecule has 18 heavy (non-hydrogen) atoms. The SMILES string of the molecule is Cc1cc(Br)c(C(=O)c2ccc3c(c2)CCO3)s1. The van der Waals surface area contributed by atoms with Crippen molar-refractivity contribution in [2.75, 3.05) is 6.61 Å². The average Bonchev–Trinajstić information content (AvgIpc) is 2.93. The molecule has 1 aliphatic heterocycles. The second kappa shape index (κ2) is 4.52. The summed E-state index contributed by atoms with van der Waals surface area (Å²) in [6, 6.07) is 7.67. The minimum Gasteiger partial charge on any atom is -0.493 e. The molecule has 0 unspecified atom stereocenters. The Hall–Kier alpha value is -1.13. The van der Waals surface area contributed by atoms with Crippen LogP contribution in [0.2, 0.25) is 0 Å². The molecule has 3 rings (SSSR count). The van der Waals surface area contributed by atoms with E-state index in [0.717, 1.165) is 44.1 Å². The van der Waals surface area contributed by atoms with Gasteiger partial charge >= 0.3 is 0 Å². The van der Waals surface area contributed by atoms with Gasteiger partial charge < -0.3 is 4.74 Å². The zero-order valence-corrected chi connectivity index (χ0v) is 12.2. The van der Waals surface area contributed by atoms with Crippen LogP contribution in [0.1, 0.15) is 25.7 Å². The monoisotopic (exact) mass is 322 g/mol. The molecule has 0 aliphatic carbocycles. The van der Waals surface area contributed by atoms with Gasteiger partial charge in [0.1, 0.15) is 5.75 Å². The summed E-state index contributed by atoms with van der Waals surface area (Å²) in [6.07, 6.45) is 0.890. The zero-order valence-electron chi connectivity index (χ0n) is 9.83. The molecule has 1 aromatic carbocycles. The van der Waals surface area contributed by atoms with Crippen LogP contribution in [-0.2, 0) is 6.42 Å². The first-order chi connectivity index (χ1) is 8.65. The maximum Gasteiger partial charge on any atom is 0.204 e. The van der Waals surface area contributed by atoms with E-state index in [0.29, 0.717) is 0 Å². The van der Waals surface area contributed by atoms with Crippen LogP contribution in [0.5, 0.6) is 5.75 Å². The molecule has 2 aromatic rings. The Balaban J connectivity index is 2.00. The molecule has 0 saturated carbocycles. The van der Waals surface area contributed by atoms with Gasteiger partial charge in [-0.25, -0.2) is 0 Å². The first-order valence-electron chi connectivity index (χ1n) is 5.71. The molecule has 0 bridgehead atoms. The number of ketones is 1. The summed E-state index contributed by atoms with van der Waals surface area (Å²) in [4.78, 5) is 14.3. The van der Waals surface area contributed by atoms with E-state index in [1.807, 2.05) is 31.2 Å². The Morgan fingerprint density at radius 3 is 2.94 bits per heavy atom. The number of ether oxygens (including phenoxy) is 1. The van der Waals surface area contributed by atoms with Crippen molar-refractivity contribution < 1.29 is 9.53 Å². The largest absolute Gasteiger partial charge is 0.493 e. The highest BCUT2D eigenvalue weighted by atomic mass is 79.9. The van der Waals surface area contributed by atoms with Gasteiger partial charge in [-0.05, 0) is 52.7 Å². The maximum absolute atomic E-state index is 12.4. The third kappa shape index (κ3) is 1.99. The van der Waals surface area contributed by atoms with Crippen LogP contribution in [0.25, 0.3) is 0 Å². The van der Waals surface area contributed by atoms with Crippen LogP contribution < -0.4 is 4.74 Å². The van der Waals surface area contributed by atoms with Crippen molar-refractivity contribution in [1.29, 1.82) is 0 Å². The molecule has 0 N–H and O–H groups in total. The number of fused-ring (bicyclic) bond motifs is 1. The van der Waals surface area contributed by atoms with E-state index in [-0.39, 0.29) is 5.78 Å². The molecule has 0 saturated heterocycles. The Bertz CT molecular complexity index is 631. The Morgan fingerprint density at radius 2 is 2.22 bits per heavy atom. The van der Waals surface area contributed by atoms with Gasteiger partial charge in [0.15, 0.2) is 0 Å². The zero-order chi connectivity index (χ0) is 12.7. The summed E-state index contributed by atoms with van der Waals surface area (Å²) >= 11 is 4.97. The number of benzene rings is 1. The van der Waals surface area contributed by atoms with Gasteiger partial charge in [0.05, 0.1) is 11.5 Å². The van der Waals surface area contributed by atoms with Gasteiger partial charge in [-0.3, -0.25) is 4.79 Å². The van der Waals surface area contributed by atoms with Crippen molar-refractivity contribution in [2.45, 2.75) is 13.3 Å². The number of aryl methyl sites for hydroxylation is 1. The summed E-state index contributed by atoms with van der Waals surface area (Å²) < 4.78 is 6.33. The highest BCUT2D eigenvalue weighted by Crippen LogP contribution is 2.31. The second-order valence-corrected chi connectivity index (χ2v) is 6.39. The first-order valence-corrected chi connectivity index (χ1v) is 7.32. The van der Waals surface area contributed by atoms with Crippen molar-refractivity contribution in [2.24, 2.45) is 0 Å². The topological polar surface area (TPSA) is 26.3 Å². The number of carbonyl (C=O) groups is 1. The number of halogens is 1. The fraction of sp³-hybridized carbons (Fsp3) is 0.214. The standard InChI is InChI=1S/C14H11BrO2S/c1-8-6-11(15)14(18-8)13(16)10-2-3-12-9(7-10)4-5-17-12/h2-3,6-7H,4-5H2,1H3. The van der Waals surface area contributed by atoms with Crippen molar-refractivity contribution >= 4 is 33.0 Å². The highest BCUT2D eigenvalue weighted by molar-refractivity contribution is 9.10. The van der Waals surface area contributed by atoms with E-state index in [4.69, 9.17) is 4.74 Å². The second-order valence-electron chi connectivity index (χ2n) is 4.28. The lowest BCUT2D eigenvalue weighted by molar-refractivity contribution is 0.104. The maximum atomic E-state index is 12.4. The summed E-state index contributed by atoms with van der Waals surface area (Å²) in [5, 5.41) is 0. The number of hydrogen-bond donors (Lipinski definition) is 0. The molecule has 0 spiro atoms. The van der Waals surface area contributed by atoms with Crippen LogP contribution in [0.3, 0.4) is 0 Å². The van der Waals surface area contributed by atoms with E-state index in [2.05, 4.69) is 15.9 Å². The van der Waals surface area contributed by atoms with Crippen molar-refractivity contribution in [3.63, 3.8) is 0 Å². The first kappa shape index (κ1) is 11.9. The molecule has 0 amide bonds. The number of rotatable bonds is 2. The molecule has 92 valence electrons. The molecule has 2 nitrogen and oxygen atoms in total. The van der Waals surface area contributed by atoms with Crippen LogP contribution in [-0.4, -0.2) is 12.4 Å². The van der Waals surface area contributed by atoms with Gasteiger partial charge in [-0.2, -0.15) is 0 Å². The van der Waals surface area contributed by atoms with Crippen molar-refractivity contribution in [3.8, 4) is 5.75 Å². The smallest absolute Gasteiger partial charge is 0.204 e. The molecule has 1 aromatic heterocycles. The van der Waals surface area contributed by atoms with E-state index in [9.17, 15) is 4.79 Å². The van der Waals surface area contributed by atoms with E-state index < -0.39 is 0 Å². The van der Waals surface area contributed by atoms with Crippen molar-refractivity contribution in [1.82, 2.24) is 0 Å².